The minimum Gasteiger partial charge on any atom is -0.469 e. The third-order valence-corrected chi connectivity index (χ3v) is 4.97. The van der Waals surface area contributed by atoms with Gasteiger partial charge in [-0.15, -0.1) is 0 Å². The number of nitrogens with zero attached hydrogens (tertiary/aromatic N) is 2. The smallest absolute Gasteiger partial charge is 0.412 e. The number of carbonyl (C=O) groups is 2. The SMILES string of the molecule is CCC(C(=O)OC)c1ccc(Cl)cc1-n1ncc2c(NC(=O)OC(C)(C)C)cccc21. The summed E-state index contributed by atoms with van der Waals surface area (Å²) in [5, 5.41) is 8.55. The van der Waals surface area contributed by atoms with Crippen LogP contribution in [0, 0.1) is 0 Å². The largest absolute Gasteiger partial charge is 0.469 e. The molecule has 0 radical (unpaired) electrons. The molecule has 0 aliphatic heterocycles. The van der Waals surface area contributed by atoms with Gasteiger partial charge in [-0.25, -0.2) is 9.48 Å². The van der Waals surface area contributed by atoms with Crippen LogP contribution in [0.2, 0.25) is 5.02 Å². The molecule has 2 aromatic carbocycles. The van der Waals surface area contributed by atoms with Gasteiger partial charge in [0.1, 0.15) is 5.60 Å². The molecule has 1 N–H and O–H groups in total. The monoisotopic (exact) mass is 443 g/mol. The number of hydrogen-bond donors (Lipinski definition) is 1. The Hall–Kier alpha value is -3.06. The zero-order chi connectivity index (χ0) is 22.8. The molecule has 7 nitrogen and oxygen atoms in total. The van der Waals surface area contributed by atoms with Crippen LogP contribution in [0.3, 0.4) is 0 Å². The van der Waals surface area contributed by atoms with Crippen LogP contribution < -0.4 is 5.32 Å². The van der Waals surface area contributed by atoms with E-state index >= 15 is 0 Å². The van der Waals surface area contributed by atoms with Crippen molar-refractivity contribution in [1.82, 2.24) is 9.78 Å². The normalized spacial score (nSPS) is 12.5. The second kappa shape index (κ2) is 8.98. The van der Waals surface area contributed by atoms with E-state index in [9.17, 15) is 9.59 Å². The summed E-state index contributed by atoms with van der Waals surface area (Å²) in [7, 11) is 1.37. The highest BCUT2D eigenvalue weighted by Gasteiger charge is 2.25. The highest BCUT2D eigenvalue weighted by molar-refractivity contribution is 6.30. The fraction of sp³-hybridized carbons (Fsp3) is 0.348. The van der Waals surface area contributed by atoms with Crippen molar-refractivity contribution < 1.29 is 19.1 Å². The molecule has 1 amide bonds. The van der Waals surface area contributed by atoms with Gasteiger partial charge in [-0.1, -0.05) is 30.7 Å². The van der Waals surface area contributed by atoms with Gasteiger partial charge >= 0.3 is 12.1 Å². The molecule has 0 saturated heterocycles. The van der Waals surface area contributed by atoms with Gasteiger partial charge in [0.15, 0.2) is 0 Å². The molecule has 1 unspecified atom stereocenters. The van der Waals surface area contributed by atoms with Crippen molar-refractivity contribution in [2.75, 3.05) is 12.4 Å². The van der Waals surface area contributed by atoms with Crippen LogP contribution in [0.25, 0.3) is 16.6 Å². The van der Waals surface area contributed by atoms with E-state index in [-0.39, 0.29) is 5.97 Å². The maximum absolute atomic E-state index is 12.4. The number of fused-ring (bicyclic) bond motifs is 1. The average Bonchev–Trinajstić information content (AvgIpc) is 3.13. The predicted octanol–water partition coefficient (Wildman–Crippen LogP) is 5.69. The Bertz CT molecular complexity index is 1120. The van der Waals surface area contributed by atoms with Crippen molar-refractivity contribution in [3.63, 3.8) is 0 Å². The lowest BCUT2D eigenvalue weighted by molar-refractivity contribution is -0.142. The Morgan fingerprint density at radius 1 is 1.23 bits per heavy atom. The minimum absolute atomic E-state index is 0.324. The number of halogens is 1. The van der Waals surface area contributed by atoms with E-state index in [2.05, 4.69) is 10.4 Å². The fourth-order valence-corrected chi connectivity index (χ4v) is 3.58. The highest BCUT2D eigenvalue weighted by atomic mass is 35.5. The number of methoxy groups -OCH3 is 1. The molecule has 3 aromatic rings. The Labute approximate surface area is 186 Å². The Morgan fingerprint density at radius 3 is 2.61 bits per heavy atom. The summed E-state index contributed by atoms with van der Waals surface area (Å²) in [5.41, 5.74) is 2.14. The molecule has 1 aromatic heterocycles. The first-order chi connectivity index (χ1) is 14.6. The van der Waals surface area contributed by atoms with Gasteiger partial charge in [0.25, 0.3) is 0 Å². The van der Waals surface area contributed by atoms with Gasteiger partial charge in [0, 0.05) is 10.4 Å². The van der Waals surface area contributed by atoms with Crippen LogP contribution >= 0.6 is 11.6 Å². The van der Waals surface area contributed by atoms with Gasteiger partial charge in [-0.05, 0) is 57.0 Å². The maximum Gasteiger partial charge on any atom is 0.412 e. The Kier molecular flexibility index (Phi) is 6.55. The van der Waals surface area contributed by atoms with E-state index in [1.54, 1.807) is 49.8 Å². The second-order valence-electron chi connectivity index (χ2n) is 8.11. The summed E-state index contributed by atoms with van der Waals surface area (Å²) in [6.07, 6.45) is 1.67. The molecule has 3 rings (SSSR count). The lowest BCUT2D eigenvalue weighted by Gasteiger charge is -2.20. The lowest BCUT2D eigenvalue weighted by Crippen LogP contribution is -2.27. The van der Waals surface area contributed by atoms with Crippen molar-refractivity contribution in [2.24, 2.45) is 0 Å². The molecular weight excluding hydrogens is 418 g/mol. The van der Waals surface area contributed by atoms with E-state index in [0.717, 1.165) is 16.5 Å². The molecule has 0 spiro atoms. The Balaban J connectivity index is 2.08. The number of amides is 1. The number of hydrogen-bond acceptors (Lipinski definition) is 5. The van der Waals surface area contributed by atoms with Gasteiger partial charge in [-0.3, -0.25) is 10.1 Å². The van der Waals surface area contributed by atoms with Crippen LogP contribution in [0.4, 0.5) is 10.5 Å². The zero-order valence-corrected chi connectivity index (χ0v) is 19.0. The number of ether oxygens (including phenoxy) is 2. The third kappa shape index (κ3) is 4.99. The topological polar surface area (TPSA) is 82.5 Å². The summed E-state index contributed by atoms with van der Waals surface area (Å²) < 4.78 is 12.1. The average molecular weight is 444 g/mol. The molecule has 0 aliphatic carbocycles. The van der Waals surface area contributed by atoms with E-state index in [1.165, 1.54) is 7.11 Å². The Morgan fingerprint density at radius 2 is 1.97 bits per heavy atom. The van der Waals surface area contributed by atoms with Gasteiger partial charge in [-0.2, -0.15) is 5.10 Å². The zero-order valence-electron chi connectivity index (χ0n) is 18.2. The first kappa shape index (κ1) is 22.6. The number of rotatable bonds is 5. The summed E-state index contributed by atoms with van der Waals surface area (Å²) in [6.45, 7) is 7.33. The molecule has 164 valence electrons. The summed E-state index contributed by atoms with van der Waals surface area (Å²) in [6, 6.07) is 10.8. The number of aromatic nitrogens is 2. The molecular formula is C23H26ClN3O4. The highest BCUT2D eigenvalue weighted by Crippen LogP contribution is 2.33. The maximum atomic E-state index is 12.4. The molecule has 0 fully saturated rings. The summed E-state index contributed by atoms with van der Waals surface area (Å²) >= 11 is 6.28. The molecule has 1 heterocycles. The van der Waals surface area contributed by atoms with Crippen molar-refractivity contribution in [3.8, 4) is 5.69 Å². The molecule has 1 atom stereocenters. The van der Waals surface area contributed by atoms with Gasteiger partial charge in [0.05, 0.1) is 36.1 Å². The first-order valence-corrected chi connectivity index (χ1v) is 10.4. The molecule has 0 bridgehead atoms. The summed E-state index contributed by atoms with van der Waals surface area (Å²) in [4.78, 5) is 24.6. The lowest BCUT2D eigenvalue weighted by atomic mass is 9.95. The minimum atomic E-state index is -0.610. The van der Waals surface area contributed by atoms with E-state index in [1.807, 2.05) is 25.1 Å². The number of nitrogens with one attached hydrogen (secondary N) is 1. The van der Waals surface area contributed by atoms with Crippen LogP contribution in [-0.4, -0.2) is 34.6 Å². The number of anilines is 1. The van der Waals surface area contributed by atoms with Crippen LogP contribution in [-0.2, 0) is 14.3 Å². The third-order valence-electron chi connectivity index (χ3n) is 4.74. The fourth-order valence-electron chi connectivity index (χ4n) is 3.42. The van der Waals surface area contributed by atoms with Crippen molar-refractivity contribution in [3.05, 3.63) is 53.2 Å². The van der Waals surface area contributed by atoms with E-state index < -0.39 is 17.6 Å². The van der Waals surface area contributed by atoms with E-state index in [4.69, 9.17) is 21.1 Å². The number of esters is 1. The van der Waals surface area contributed by atoms with Gasteiger partial charge < -0.3 is 9.47 Å². The molecule has 0 aliphatic rings. The standard InChI is InChI=1S/C23H26ClN3O4/c1-6-15(21(28)30-5)16-11-10-14(24)12-20(16)27-19-9-7-8-18(17(19)13-25-27)26-22(29)31-23(2,3)4/h7-13,15H,6H2,1-5H3,(H,26,29). The van der Waals surface area contributed by atoms with Crippen LogP contribution in [0.1, 0.15) is 45.6 Å². The first-order valence-electron chi connectivity index (χ1n) is 9.99. The van der Waals surface area contributed by atoms with Crippen molar-refractivity contribution >= 4 is 40.3 Å². The molecule has 31 heavy (non-hydrogen) atoms. The number of carbonyl (C=O) groups excluding carboxylic acids is 2. The van der Waals surface area contributed by atoms with Crippen LogP contribution in [0.15, 0.2) is 42.6 Å². The van der Waals surface area contributed by atoms with E-state index in [0.29, 0.717) is 22.8 Å². The predicted molar refractivity (Wildman–Crippen MR) is 121 cm³/mol. The molecule has 8 heteroatoms. The molecule has 0 saturated carbocycles. The quantitative estimate of drug-likeness (QED) is 0.512. The number of benzene rings is 2. The summed E-state index contributed by atoms with van der Waals surface area (Å²) in [5.74, 6) is -0.783. The van der Waals surface area contributed by atoms with Crippen molar-refractivity contribution in [2.45, 2.75) is 45.6 Å². The van der Waals surface area contributed by atoms with Crippen molar-refractivity contribution in [1.29, 1.82) is 0 Å². The van der Waals surface area contributed by atoms with Gasteiger partial charge in [0.2, 0.25) is 0 Å². The van der Waals surface area contributed by atoms with Crippen LogP contribution in [0.5, 0.6) is 0 Å². The second-order valence-corrected chi connectivity index (χ2v) is 8.55.